The zero-order valence-electron chi connectivity index (χ0n) is 20.0. The third-order valence-corrected chi connectivity index (χ3v) is 10.2. The Labute approximate surface area is 202 Å². The number of hydrogen-bond acceptors (Lipinski definition) is 5. The van der Waals surface area contributed by atoms with Gasteiger partial charge in [0, 0.05) is 32.2 Å². The number of carbonyl (C=O) groups is 1. The number of imidazole rings is 1. The average Bonchev–Trinajstić information content (AvgIpc) is 3.19. The first-order valence-electron chi connectivity index (χ1n) is 12.3. The third kappa shape index (κ3) is 4.82. The van der Waals surface area contributed by atoms with Gasteiger partial charge in [0.05, 0.1) is 21.7 Å². The van der Waals surface area contributed by atoms with Crippen molar-refractivity contribution in [2.75, 3.05) is 25.4 Å². The topological polar surface area (TPSA) is 75.5 Å². The number of nitrogens with zero attached hydrogens (tertiary/aromatic N) is 4. The van der Waals surface area contributed by atoms with Gasteiger partial charge in [-0.25, -0.2) is 13.4 Å². The van der Waals surface area contributed by atoms with E-state index in [4.69, 9.17) is 4.98 Å². The maximum atomic E-state index is 13.2. The summed E-state index contributed by atoms with van der Waals surface area (Å²) in [6.07, 6.45) is 7.28. The number of likely N-dealkylation sites (tertiary alicyclic amines) is 1. The molecule has 2 heterocycles. The first-order chi connectivity index (χ1) is 15.9. The number of aryl methyl sites for hydroxylation is 1. The molecule has 1 aliphatic carbocycles. The molecule has 4 rings (SSSR count). The highest BCUT2D eigenvalue weighted by atomic mass is 32.2. The van der Waals surface area contributed by atoms with Crippen molar-refractivity contribution in [1.82, 2.24) is 18.8 Å². The summed E-state index contributed by atoms with van der Waals surface area (Å²) in [7, 11) is -3.54. The summed E-state index contributed by atoms with van der Waals surface area (Å²) in [5.74, 6) is 1.25. The first kappa shape index (κ1) is 24.5. The van der Waals surface area contributed by atoms with Gasteiger partial charge < -0.3 is 9.47 Å². The highest BCUT2D eigenvalue weighted by molar-refractivity contribution is 7.99. The van der Waals surface area contributed by atoms with Crippen molar-refractivity contribution in [1.29, 1.82) is 0 Å². The van der Waals surface area contributed by atoms with Crippen LogP contribution < -0.4 is 0 Å². The number of amides is 1. The number of hydrogen-bond donors (Lipinski definition) is 0. The number of piperidine rings is 1. The maximum absolute atomic E-state index is 13.2. The van der Waals surface area contributed by atoms with Crippen LogP contribution >= 0.6 is 11.8 Å². The lowest BCUT2D eigenvalue weighted by atomic mass is 9.78. The van der Waals surface area contributed by atoms with Crippen molar-refractivity contribution in [2.45, 2.75) is 81.9 Å². The normalized spacial score (nSPS) is 21.5. The Morgan fingerprint density at radius 2 is 1.85 bits per heavy atom. The number of aromatic nitrogens is 2. The minimum atomic E-state index is -3.54. The summed E-state index contributed by atoms with van der Waals surface area (Å²) in [6, 6.07) is 5.59. The lowest BCUT2D eigenvalue weighted by molar-refractivity contribution is -0.134. The molecule has 1 saturated heterocycles. The molecule has 2 unspecified atom stereocenters. The summed E-state index contributed by atoms with van der Waals surface area (Å²) in [5, 5.41) is 0.774. The van der Waals surface area contributed by atoms with Crippen molar-refractivity contribution in [2.24, 2.45) is 5.92 Å². The molecule has 2 aromatic rings. The monoisotopic (exact) mass is 492 g/mol. The zero-order chi connectivity index (χ0) is 23.6. The van der Waals surface area contributed by atoms with Crippen LogP contribution in [-0.2, 0) is 21.4 Å². The van der Waals surface area contributed by atoms with Gasteiger partial charge in [0.15, 0.2) is 5.16 Å². The Morgan fingerprint density at radius 3 is 2.58 bits per heavy atom. The van der Waals surface area contributed by atoms with E-state index in [1.165, 1.54) is 41.8 Å². The van der Waals surface area contributed by atoms with E-state index < -0.39 is 10.0 Å². The van der Waals surface area contributed by atoms with Crippen LogP contribution in [0.1, 0.15) is 59.3 Å². The summed E-state index contributed by atoms with van der Waals surface area (Å²) in [5.41, 5.74) is 1.56. The van der Waals surface area contributed by atoms with Gasteiger partial charge >= 0.3 is 0 Å². The second kappa shape index (κ2) is 10.4. The molecule has 1 saturated carbocycles. The van der Waals surface area contributed by atoms with Crippen LogP contribution in [0.4, 0.5) is 0 Å². The van der Waals surface area contributed by atoms with Crippen LogP contribution in [0.25, 0.3) is 11.0 Å². The fourth-order valence-electron chi connectivity index (χ4n) is 5.52. The number of sulfonamides is 1. The minimum absolute atomic E-state index is 0.205. The zero-order valence-corrected chi connectivity index (χ0v) is 21.6. The van der Waals surface area contributed by atoms with Crippen molar-refractivity contribution in [3.63, 3.8) is 0 Å². The predicted molar refractivity (Wildman–Crippen MR) is 133 cm³/mol. The highest BCUT2D eigenvalue weighted by Crippen LogP contribution is 2.36. The van der Waals surface area contributed by atoms with Crippen molar-refractivity contribution < 1.29 is 13.2 Å². The molecule has 0 bridgehead atoms. The number of fused-ring (bicyclic) bond motifs is 2. The van der Waals surface area contributed by atoms with E-state index in [1.54, 1.807) is 12.1 Å². The van der Waals surface area contributed by atoms with Crippen LogP contribution in [0.15, 0.2) is 28.3 Å². The quantitative estimate of drug-likeness (QED) is 0.512. The first-order valence-corrected chi connectivity index (χ1v) is 14.8. The van der Waals surface area contributed by atoms with E-state index in [2.05, 4.69) is 9.47 Å². The van der Waals surface area contributed by atoms with E-state index in [1.807, 2.05) is 26.8 Å². The molecule has 0 radical (unpaired) electrons. The Morgan fingerprint density at radius 1 is 1.12 bits per heavy atom. The standard InChI is InChI=1S/C24H36N4O3S2/c1-4-26(5-2)33(30,31)19-13-14-22-20(16-19)25-24(27(22)6-3)32-17-23(29)28-15-9-11-18-10-7-8-12-21(18)28/h13-14,16,18,21H,4-12,15,17H2,1-3H3. The number of rotatable bonds is 8. The molecule has 1 aliphatic heterocycles. The van der Waals surface area contributed by atoms with E-state index in [-0.39, 0.29) is 10.8 Å². The second-order valence-electron chi connectivity index (χ2n) is 9.01. The Hall–Kier alpha value is -1.58. The van der Waals surface area contributed by atoms with E-state index in [0.717, 1.165) is 30.1 Å². The Balaban J connectivity index is 1.53. The second-order valence-corrected chi connectivity index (χ2v) is 11.9. The van der Waals surface area contributed by atoms with E-state index in [9.17, 15) is 13.2 Å². The van der Waals surface area contributed by atoms with Crippen LogP contribution in [0.2, 0.25) is 0 Å². The molecule has 0 N–H and O–H groups in total. The van der Waals surface area contributed by atoms with Gasteiger partial charge in [-0.1, -0.05) is 38.5 Å². The maximum Gasteiger partial charge on any atom is 0.243 e. The van der Waals surface area contributed by atoms with E-state index >= 15 is 0 Å². The molecule has 2 atom stereocenters. The third-order valence-electron chi connectivity index (χ3n) is 7.23. The lowest BCUT2D eigenvalue weighted by Crippen LogP contribution is -2.50. The number of benzene rings is 1. The predicted octanol–water partition coefficient (Wildman–Crippen LogP) is 4.36. The van der Waals surface area contributed by atoms with Crippen molar-refractivity contribution in [3.05, 3.63) is 18.2 Å². The SMILES string of the molecule is CCN(CC)S(=O)(=O)c1ccc2c(c1)nc(SCC(=O)N1CCCC3CCCCC31)n2CC. The fraction of sp³-hybridized carbons (Fsp3) is 0.667. The van der Waals surface area contributed by atoms with Gasteiger partial charge in [-0.05, 0) is 56.7 Å². The highest BCUT2D eigenvalue weighted by Gasteiger charge is 2.35. The summed E-state index contributed by atoms with van der Waals surface area (Å²) in [6.45, 7) is 8.18. The van der Waals surface area contributed by atoms with Gasteiger partial charge in [0.1, 0.15) is 0 Å². The van der Waals surface area contributed by atoms with Crippen molar-refractivity contribution in [3.8, 4) is 0 Å². The molecule has 0 spiro atoms. The molecule has 1 aromatic carbocycles. The van der Waals surface area contributed by atoms with Gasteiger partial charge in [-0.15, -0.1) is 0 Å². The minimum Gasteiger partial charge on any atom is -0.339 e. The lowest BCUT2D eigenvalue weighted by Gasteiger charge is -2.44. The Bertz CT molecular complexity index is 1090. The van der Waals surface area contributed by atoms with Gasteiger partial charge in [-0.3, -0.25) is 4.79 Å². The van der Waals surface area contributed by atoms with Crippen molar-refractivity contribution >= 4 is 38.7 Å². The summed E-state index contributed by atoms with van der Waals surface area (Å²) < 4.78 is 29.4. The van der Waals surface area contributed by atoms with Gasteiger partial charge in [-0.2, -0.15) is 4.31 Å². The van der Waals surface area contributed by atoms with Gasteiger partial charge in [0.2, 0.25) is 15.9 Å². The van der Waals surface area contributed by atoms with Crippen LogP contribution in [0.3, 0.4) is 0 Å². The van der Waals surface area contributed by atoms with Crippen LogP contribution in [0.5, 0.6) is 0 Å². The molecule has 182 valence electrons. The van der Waals surface area contributed by atoms with Crippen LogP contribution in [-0.4, -0.2) is 64.5 Å². The molecule has 9 heteroatoms. The van der Waals surface area contributed by atoms with Crippen LogP contribution in [0, 0.1) is 5.92 Å². The number of thioether (sulfide) groups is 1. The largest absolute Gasteiger partial charge is 0.339 e. The van der Waals surface area contributed by atoms with E-state index in [0.29, 0.717) is 42.9 Å². The van der Waals surface area contributed by atoms with Gasteiger partial charge in [0.25, 0.3) is 0 Å². The summed E-state index contributed by atoms with van der Waals surface area (Å²) in [4.78, 5) is 20.3. The molecule has 7 nitrogen and oxygen atoms in total. The molecular weight excluding hydrogens is 456 g/mol. The Kier molecular flexibility index (Phi) is 7.70. The molecular formula is C24H36N4O3S2. The smallest absolute Gasteiger partial charge is 0.243 e. The molecule has 2 fully saturated rings. The fourth-order valence-corrected chi connectivity index (χ4v) is 7.96. The molecule has 1 aromatic heterocycles. The molecule has 2 aliphatic rings. The molecule has 1 amide bonds. The summed E-state index contributed by atoms with van der Waals surface area (Å²) >= 11 is 1.47. The average molecular weight is 493 g/mol. The molecule has 33 heavy (non-hydrogen) atoms. The number of carbonyl (C=O) groups excluding carboxylic acids is 1.